The van der Waals surface area contributed by atoms with Gasteiger partial charge < -0.3 is 19.3 Å². The van der Waals surface area contributed by atoms with Crippen LogP contribution in [-0.4, -0.2) is 52.8 Å². The van der Waals surface area contributed by atoms with Gasteiger partial charge in [-0.2, -0.15) is 0 Å². The number of rotatable bonds is 8. The van der Waals surface area contributed by atoms with Crippen molar-refractivity contribution in [3.05, 3.63) is 57.9 Å². The Morgan fingerprint density at radius 2 is 2.08 bits per heavy atom. The Bertz CT molecular complexity index is 792. The highest BCUT2D eigenvalue weighted by Gasteiger charge is 2.45. The van der Waals surface area contributed by atoms with E-state index in [9.17, 15) is 14.7 Å². The van der Waals surface area contributed by atoms with Crippen LogP contribution in [0.2, 0.25) is 0 Å². The first-order valence-electron chi connectivity index (χ1n) is 8.66. The molecule has 0 radical (unpaired) electrons. The van der Waals surface area contributed by atoms with E-state index < -0.39 is 17.7 Å². The molecular weight excluding hydrogens is 352 g/mol. The lowest BCUT2D eigenvalue weighted by Crippen LogP contribution is -2.38. The molecular formula is C19H22N2O4S. The van der Waals surface area contributed by atoms with E-state index in [0.717, 1.165) is 13.1 Å². The van der Waals surface area contributed by atoms with Gasteiger partial charge in [-0.3, -0.25) is 9.59 Å². The number of carbonyl (C=O) groups is 2. The Morgan fingerprint density at radius 3 is 2.65 bits per heavy atom. The summed E-state index contributed by atoms with van der Waals surface area (Å²) in [5.74, 6) is -0.873. The van der Waals surface area contributed by atoms with Gasteiger partial charge in [0, 0.05) is 13.1 Å². The maximum Gasteiger partial charge on any atom is 0.290 e. The molecule has 3 rings (SSSR count). The van der Waals surface area contributed by atoms with Crippen LogP contribution in [0.25, 0.3) is 0 Å². The maximum absolute atomic E-state index is 12.9. The topological polar surface area (TPSA) is 74.0 Å². The van der Waals surface area contributed by atoms with Crippen LogP contribution in [0.5, 0.6) is 0 Å². The van der Waals surface area contributed by atoms with Gasteiger partial charge in [-0.25, -0.2) is 0 Å². The molecule has 6 nitrogen and oxygen atoms in total. The molecule has 1 atom stereocenters. The summed E-state index contributed by atoms with van der Waals surface area (Å²) in [5.41, 5.74) is 0.0898. The van der Waals surface area contributed by atoms with Gasteiger partial charge in [-0.1, -0.05) is 19.9 Å². The number of likely N-dealkylation sites (N-methyl/N-ethyl adjacent to an activating group) is 1. The molecule has 0 spiro atoms. The first-order chi connectivity index (χ1) is 12.6. The number of Topliss-reactive ketones (excluding diaryl/α,β-unsaturated/α-hetero) is 1. The highest BCUT2D eigenvalue weighted by atomic mass is 32.1. The minimum absolute atomic E-state index is 0.0898. The minimum Gasteiger partial charge on any atom is -0.503 e. The zero-order chi connectivity index (χ0) is 18.7. The second-order valence-electron chi connectivity index (χ2n) is 6.01. The number of furan rings is 1. The Hall–Kier alpha value is -2.38. The third-order valence-electron chi connectivity index (χ3n) is 4.66. The minimum atomic E-state index is -0.706. The molecule has 0 fully saturated rings. The van der Waals surface area contributed by atoms with Crippen molar-refractivity contribution in [2.75, 3.05) is 26.2 Å². The van der Waals surface area contributed by atoms with Gasteiger partial charge >= 0.3 is 0 Å². The quantitative estimate of drug-likeness (QED) is 0.718. The van der Waals surface area contributed by atoms with Gasteiger partial charge in [0.25, 0.3) is 5.91 Å². The Balaban J connectivity index is 1.94. The van der Waals surface area contributed by atoms with Crippen molar-refractivity contribution in [3.8, 4) is 0 Å². The van der Waals surface area contributed by atoms with Crippen molar-refractivity contribution in [3.63, 3.8) is 0 Å². The van der Waals surface area contributed by atoms with Gasteiger partial charge in [0.1, 0.15) is 11.8 Å². The van der Waals surface area contributed by atoms with Crippen molar-refractivity contribution < 1.29 is 19.1 Å². The van der Waals surface area contributed by atoms with Crippen molar-refractivity contribution in [1.82, 2.24) is 9.80 Å². The van der Waals surface area contributed by atoms with Gasteiger partial charge in [-0.15, -0.1) is 11.3 Å². The maximum atomic E-state index is 12.9. The summed E-state index contributed by atoms with van der Waals surface area (Å²) in [6.45, 7) is 6.90. The van der Waals surface area contributed by atoms with Crippen molar-refractivity contribution in [2.45, 2.75) is 19.9 Å². The molecule has 0 bridgehead atoms. The number of amides is 1. The number of thiophene rings is 1. The van der Waals surface area contributed by atoms with Gasteiger partial charge in [0.05, 0.1) is 16.7 Å². The zero-order valence-corrected chi connectivity index (χ0v) is 15.7. The van der Waals surface area contributed by atoms with Crippen LogP contribution in [0, 0.1) is 0 Å². The molecule has 26 heavy (non-hydrogen) atoms. The molecule has 138 valence electrons. The average Bonchev–Trinajstić information content (AvgIpc) is 3.39. The summed E-state index contributed by atoms with van der Waals surface area (Å²) in [6, 6.07) is 6.19. The molecule has 3 heterocycles. The largest absolute Gasteiger partial charge is 0.503 e. The fourth-order valence-electron chi connectivity index (χ4n) is 3.19. The highest BCUT2D eigenvalue weighted by Crippen LogP contribution is 2.39. The van der Waals surface area contributed by atoms with E-state index in [1.165, 1.54) is 22.5 Å². The van der Waals surface area contributed by atoms with Crippen LogP contribution in [0.1, 0.15) is 35.3 Å². The van der Waals surface area contributed by atoms with Crippen molar-refractivity contribution in [1.29, 1.82) is 0 Å². The molecule has 1 aliphatic heterocycles. The molecule has 1 N–H and O–H groups in total. The molecule has 2 aromatic heterocycles. The second kappa shape index (κ2) is 7.88. The van der Waals surface area contributed by atoms with Crippen LogP contribution in [0.15, 0.2) is 51.7 Å². The van der Waals surface area contributed by atoms with E-state index in [1.54, 1.807) is 29.6 Å². The normalized spacial score (nSPS) is 17.6. The summed E-state index contributed by atoms with van der Waals surface area (Å²) >= 11 is 1.28. The molecule has 2 aromatic rings. The monoisotopic (exact) mass is 374 g/mol. The summed E-state index contributed by atoms with van der Waals surface area (Å²) in [4.78, 5) is 29.8. The van der Waals surface area contributed by atoms with E-state index in [1.807, 2.05) is 0 Å². The molecule has 0 saturated carbocycles. The Morgan fingerprint density at radius 1 is 1.31 bits per heavy atom. The predicted octanol–water partition coefficient (Wildman–Crippen LogP) is 3.26. The number of hydrogen-bond acceptors (Lipinski definition) is 6. The van der Waals surface area contributed by atoms with Crippen LogP contribution in [0.4, 0.5) is 0 Å². The fraction of sp³-hybridized carbons (Fsp3) is 0.368. The zero-order valence-electron chi connectivity index (χ0n) is 14.8. The summed E-state index contributed by atoms with van der Waals surface area (Å²) in [7, 11) is 0. The van der Waals surface area contributed by atoms with Crippen LogP contribution < -0.4 is 0 Å². The van der Waals surface area contributed by atoms with E-state index in [0.29, 0.717) is 23.7 Å². The van der Waals surface area contributed by atoms with Gasteiger partial charge in [0.15, 0.2) is 5.76 Å². The molecule has 0 unspecified atom stereocenters. The predicted molar refractivity (Wildman–Crippen MR) is 99.3 cm³/mol. The van der Waals surface area contributed by atoms with E-state index in [-0.39, 0.29) is 11.4 Å². The first-order valence-corrected chi connectivity index (χ1v) is 9.54. The number of aliphatic hydroxyl groups is 1. The molecule has 1 aliphatic rings. The average molecular weight is 374 g/mol. The summed E-state index contributed by atoms with van der Waals surface area (Å²) in [6.07, 6.45) is 1.50. The lowest BCUT2D eigenvalue weighted by molar-refractivity contribution is -0.129. The van der Waals surface area contributed by atoms with Gasteiger partial charge in [-0.05, 0) is 36.7 Å². The summed E-state index contributed by atoms with van der Waals surface area (Å²) < 4.78 is 5.50. The number of carbonyl (C=O) groups excluding carboxylic acids is 2. The SMILES string of the molecule is CCN(CC)CCN1C(=O)C(O)=C(C(=O)c2cccs2)[C@@H]1c1ccco1. The van der Waals surface area contributed by atoms with Crippen molar-refractivity contribution in [2.24, 2.45) is 0 Å². The number of aliphatic hydroxyl groups excluding tert-OH is 1. The number of hydrogen-bond donors (Lipinski definition) is 1. The van der Waals surface area contributed by atoms with Gasteiger partial charge in [0.2, 0.25) is 5.78 Å². The fourth-order valence-corrected chi connectivity index (χ4v) is 3.87. The number of ketones is 1. The van der Waals surface area contributed by atoms with E-state index >= 15 is 0 Å². The summed E-state index contributed by atoms with van der Waals surface area (Å²) in [5, 5.41) is 12.3. The Labute approximate surface area is 156 Å². The van der Waals surface area contributed by atoms with Crippen LogP contribution in [-0.2, 0) is 4.79 Å². The Kier molecular flexibility index (Phi) is 5.58. The highest BCUT2D eigenvalue weighted by molar-refractivity contribution is 7.12. The number of nitrogens with zero attached hydrogens (tertiary/aromatic N) is 2. The molecule has 1 amide bonds. The smallest absolute Gasteiger partial charge is 0.290 e. The van der Waals surface area contributed by atoms with E-state index in [2.05, 4.69) is 18.7 Å². The standard InChI is InChI=1S/C19H22N2O4S/c1-3-20(4-2)9-10-21-16(13-7-5-11-25-13)15(18(23)19(21)24)17(22)14-8-6-12-26-14/h5-8,11-12,16,23H,3-4,9-10H2,1-2H3/t16-/m0/s1. The van der Waals surface area contributed by atoms with Crippen LogP contribution >= 0.6 is 11.3 Å². The van der Waals surface area contributed by atoms with Crippen LogP contribution in [0.3, 0.4) is 0 Å². The van der Waals surface area contributed by atoms with E-state index in [4.69, 9.17) is 4.42 Å². The lowest BCUT2D eigenvalue weighted by atomic mass is 10.0. The molecule has 0 aliphatic carbocycles. The molecule has 7 heteroatoms. The molecule has 0 saturated heterocycles. The third kappa shape index (κ3) is 3.32. The van der Waals surface area contributed by atoms with Crippen molar-refractivity contribution >= 4 is 23.0 Å². The lowest BCUT2D eigenvalue weighted by Gasteiger charge is -2.27. The second-order valence-corrected chi connectivity index (χ2v) is 6.96. The third-order valence-corrected chi connectivity index (χ3v) is 5.53. The first kappa shape index (κ1) is 18.4. The molecule has 0 aromatic carbocycles.